The lowest BCUT2D eigenvalue weighted by Crippen LogP contribution is -2.50. The van der Waals surface area contributed by atoms with E-state index in [1.165, 1.54) is 0 Å². The van der Waals surface area contributed by atoms with Crippen molar-refractivity contribution in [1.82, 2.24) is 0 Å². The Labute approximate surface area is 156 Å². The van der Waals surface area contributed by atoms with E-state index >= 15 is 0 Å². The fourth-order valence-electron chi connectivity index (χ4n) is 2.97. The number of rotatable bonds is 7. The Hall–Kier alpha value is -2.85. The molecule has 0 spiro atoms. The summed E-state index contributed by atoms with van der Waals surface area (Å²) in [4.78, 5) is 23.1. The Bertz CT molecular complexity index is 931. The summed E-state index contributed by atoms with van der Waals surface area (Å²) in [5.74, 6) is -0.997. The first-order chi connectivity index (χ1) is 12.6. The number of benzene rings is 3. The van der Waals surface area contributed by atoms with Crippen LogP contribution in [0.2, 0.25) is 5.02 Å². The van der Waals surface area contributed by atoms with Crippen LogP contribution in [0.1, 0.15) is 18.4 Å². The molecular formula is C21H16ClO4-. The summed E-state index contributed by atoms with van der Waals surface area (Å²) >= 11 is 5.92. The van der Waals surface area contributed by atoms with Crippen molar-refractivity contribution >= 4 is 34.6 Å². The average Bonchev–Trinajstić information content (AvgIpc) is 2.66. The normalized spacial score (nSPS) is 13.1. The van der Waals surface area contributed by atoms with E-state index in [2.05, 4.69) is 0 Å². The lowest BCUT2D eigenvalue weighted by atomic mass is 9.88. The smallest absolute Gasteiger partial charge is 0.174 e. The van der Waals surface area contributed by atoms with Crippen LogP contribution in [-0.4, -0.2) is 12.3 Å². The van der Waals surface area contributed by atoms with E-state index in [-0.39, 0.29) is 12.8 Å². The minimum Gasteiger partial charge on any atom is -0.545 e. The number of aliphatic carboxylic acids is 1. The van der Waals surface area contributed by atoms with Gasteiger partial charge >= 0.3 is 0 Å². The first-order valence-electron chi connectivity index (χ1n) is 8.15. The second-order valence-electron chi connectivity index (χ2n) is 5.91. The standard InChI is InChI=1S/C21H17ClO4/c22-17-11-9-16(10-12-17)21(20(24)25,13-4-14-23)26-19-8-3-6-15-5-1-2-7-18(15)19/h1-3,5-12,14H,4,13H2,(H,24,25)/p-1. The number of carbonyl (C=O) groups excluding carboxylic acids is 2. The zero-order chi connectivity index (χ0) is 18.6. The van der Waals surface area contributed by atoms with E-state index in [1.807, 2.05) is 30.3 Å². The number of halogens is 1. The molecule has 0 amide bonds. The third kappa shape index (κ3) is 3.41. The lowest BCUT2D eigenvalue weighted by Gasteiger charge is -2.36. The summed E-state index contributed by atoms with van der Waals surface area (Å²) < 4.78 is 6.04. The van der Waals surface area contributed by atoms with Crippen LogP contribution >= 0.6 is 11.6 Å². The van der Waals surface area contributed by atoms with Gasteiger partial charge in [-0.3, -0.25) is 0 Å². The van der Waals surface area contributed by atoms with Crippen molar-refractivity contribution in [3.05, 3.63) is 77.3 Å². The van der Waals surface area contributed by atoms with Gasteiger partial charge in [0.25, 0.3) is 0 Å². The number of aldehydes is 1. The number of hydrogen-bond acceptors (Lipinski definition) is 4. The van der Waals surface area contributed by atoms with Gasteiger partial charge in [-0.2, -0.15) is 0 Å². The Morgan fingerprint density at radius 2 is 1.73 bits per heavy atom. The summed E-state index contributed by atoms with van der Waals surface area (Å²) in [6.45, 7) is 0. The topological polar surface area (TPSA) is 66.4 Å². The molecule has 0 saturated heterocycles. The molecule has 0 bridgehead atoms. The maximum Gasteiger partial charge on any atom is 0.174 e. The molecule has 3 aromatic carbocycles. The third-order valence-corrected chi connectivity index (χ3v) is 4.54. The molecule has 26 heavy (non-hydrogen) atoms. The van der Waals surface area contributed by atoms with Crippen molar-refractivity contribution < 1.29 is 19.4 Å². The van der Waals surface area contributed by atoms with Crippen molar-refractivity contribution in [3.63, 3.8) is 0 Å². The van der Waals surface area contributed by atoms with Crippen LogP contribution in [0, 0.1) is 0 Å². The highest BCUT2D eigenvalue weighted by atomic mass is 35.5. The SMILES string of the molecule is O=CCCC(Oc1cccc2ccccc12)(C(=O)[O-])c1ccc(Cl)cc1. The van der Waals surface area contributed by atoms with Crippen LogP contribution < -0.4 is 9.84 Å². The van der Waals surface area contributed by atoms with Gasteiger partial charge < -0.3 is 19.4 Å². The summed E-state index contributed by atoms with van der Waals surface area (Å²) in [7, 11) is 0. The monoisotopic (exact) mass is 367 g/mol. The number of hydrogen-bond donors (Lipinski definition) is 0. The molecule has 5 heteroatoms. The number of fused-ring (bicyclic) bond motifs is 1. The van der Waals surface area contributed by atoms with Crippen molar-refractivity contribution in [2.24, 2.45) is 0 Å². The molecule has 0 fully saturated rings. The molecule has 0 aromatic heterocycles. The molecule has 0 aliphatic carbocycles. The maximum absolute atomic E-state index is 12.2. The van der Waals surface area contributed by atoms with Crippen molar-refractivity contribution in [1.29, 1.82) is 0 Å². The molecule has 3 aromatic rings. The third-order valence-electron chi connectivity index (χ3n) is 4.29. The van der Waals surface area contributed by atoms with E-state index in [4.69, 9.17) is 16.3 Å². The molecule has 132 valence electrons. The molecule has 0 aliphatic heterocycles. The Kier molecular flexibility index (Phi) is 5.24. The first kappa shape index (κ1) is 18.0. The predicted octanol–water partition coefficient (Wildman–Crippen LogP) is 3.50. The molecule has 3 rings (SSSR count). The van der Waals surface area contributed by atoms with Crippen molar-refractivity contribution in [2.45, 2.75) is 18.4 Å². The largest absolute Gasteiger partial charge is 0.545 e. The molecule has 1 atom stereocenters. The van der Waals surface area contributed by atoms with Crippen LogP contribution in [0.25, 0.3) is 10.8 Å². The van der Waals surface area contributed by atoms with Gasteiger partial charge in [-0.25, -0.2) is 0 Å². The second kappa shape index (κ2) is 7.58. The Balaban J connectivity index is 2.14. The van der Waals surface area contributed by atoms with Gasteiger partial charge in [-0.1, -0.05) is 60.1 Å². The molecule has 0 saturated carbocycles. The highest BCUT2D eigenvalue weighted by Gasteiger charge is 2.36. The van der Waals surface area contributed by atoms with Crippen molar-refractivity contribution in [2.75, 3.05) is 0 Å². The number of carboxylic acid groups (broad SMARTS) is 1. The van der Waals surface area contributed by atoms with Crippen LogP contribution in [0.4, 0.5) is 0 Å². The fraction of sp³-hybridized carbons (Fsp3) is 0.143. The van der Waals surface area contributed by atoms with E-state index in [9.17, 15) is 14.7 Å². The Morgan fingerprint density at radius 3 is 2.42 bits per heavy atom. The summed E-state index contributed by atoms with van der Waals surface area (Å²) in [5, 5.41) is 14.3. The second-order valence-corrected chi connectivity index (χ2v) is 6.34. The fourth-order valence-corrected chi connectivity index (χ4v) is 3.10. The molecule has 0 aliphatic rings. The van der Waals surface area contributed by atoms with Crippen LogP contribution in [0.15, 0.2) is 66.7 Å². The Morgan fingerprint density at radius 1 is 1.04 bits per heavy atom. The highest BCUT2D eigenvalue weighted by Crippen LogP contribution is 2.36. The minimum atomic E-state index is -1.80. The van der Waals surface area contributed by atoms with E-state index in [1.54, 1.807) is 36.4 Å². The highest BCUT2D eigenvalue weighted by molar-refractivity contribution is 6.30. The average molecular weight is 368 g/mol. The number of carbonyl (C=O) groups is 2. The molecule has 1 unspecified atom stereocenters. The number of carboxylic acids is 1. The van der Waals surface area contributed by atoms with Crippen LogP contribution in [-0.2, 0) is 15.2 Å². The summed E-state index contributed by atoms with van der Waals surface area (Å²) in [5.41, 5.74) is -1.42. The quantitative estimate of drug-likeness (QED) is 0.599. The van der Waals surface area contributed by atoms with Crippen LogP contribution in [0.5, 0.6) is 5.75 Å². The zero-order valence-electron chi connectivity index (χ0n) is 13.9. The van der Waals surface area contributed by atoms with Gasteiger partial charge in [0, 0.05) is 28.8 Å². The van der Waals surface area contributed by atoms with Crippen LogP contribution in [0.3, 0.4) is 0 Å². The molecular weight excluding hydrogens is 352 g/mol. The van der Waals surface area contributed by atoms with Gasteiger partial charge in [0.05, 0.1) is 5.97 Å². The number of ether oxygens (including phenoxy) is 1. The summed E-state index contributed by atoms with van der Waals surface area (Å²) in [6.07, 6.45) is 0.630. The van der Waals surface area contributed by atoms with E-state index < -0.39 is 11.6 Å². The van der Waals surface area contributed by atoms with Gasteiger partial charge in [-0.15, -0.1) is 0 Å². The zero-order valence-corrected chi connectivity index (χ0v) is 14.6. The van der Waals surface area contributed by atoms with Crippen molar-refractivity contribution in [3.8, 4) is 5.75 Å². The lowest BCUT2D eigenvalue weighted by molar-refractivity contribution is -0.324. The predicted molar refractivity (Wildman–Crippen MR) is 98.0 cm³/mol. The molecule has 0 N–H and O–H groups in total. The van der Waals surface area contributed by atoms with Gasteiger partial charge in [0.1, 0.15) is 12.0 Å². The van der Waals surface area contributed by atoms with Gasteiger partial charge in [0.15, 0.2) is 5.60 Å². The maximum atomic E-state index is 12.2. The molecule has 0 radical (unpaired) electrons. The molecule has 4 nitrogen and oxygen atoms in total. The first-order valence-corrected chi connectivity index (χ1v) is 8.52. The molecule has 0 heterocycles. The van der Waals surface area contributed by atoms with E-state index in [0.29, 0.717) is 22.6 Å². The van der Waals surface area contributed by atoms with Gasteiger partial charge in [-0.05, 0) is 23.6 Å². The summed E-state index contributed by atoms with van der Waals surface area (Å²) in [6, 6.07) is 19.2. The minimum absolute atomic E-state index is 0.0153. The van der Waals surface area contributed by atoms with E-state index in [0.717, 1.165) is 10.8 Å². The van der Waals surface area contributed by atoms with Gasteiger partial charge in [0.2, 0.25) is 0 Å².